The second-order valence-corrected chi connectivity index (χ2v) is 4.44. The molecule has 1 fully saturated rings. The highest BCUT2D eigenvalue weighted by Crippen LogP contribution is 2.26. The molecule has 1 N–H and O–H groups in total. The Morgan fingerprint density at radius 3 is 3.08 bits per heavy atom. The zero-order valence-electron chi connectivity index (χ0n) is 7.55. The Bertz CT molecular complexity index is 289. The van der Waals surface area contributed by atoms with Crippen molar-refractivity contribution < 1.29 is 5.11 Å². The van der Waals surface area contributed by atoms with Crippen LogP contribution in [-0.4, -0.2) is 37.5 Å². The highest BCUT2D eigenvalue weighted by Gasteiger charge is 2.26. The number of aliphatic hydroxyl groups is 1. The van der Waals surface area contributed by atoms with Gasteiger partial charge in [-0.1, -0.05) is 0 Å². The van der Waals surface area contributed by atoms with E-state index in [1.165, 1.54) is 0 Å². The molecule has 5 heteroatoms. The van der Waals surface area contributed by atoms with Crippen molar-refractivity contribution in [2.24, 2.45) is 13.0 Å². The van der Waals surface area contributed by atoms with Gasteiger partial charge in [0.1, 0.15) is 12.2 Å². The third kappa shape index (κ3) is 1.86. The number of aliphatic hydroxyl groups excluding tert-OH is 1. The lowest BCUT2D eigenvalue weighted by Crippen LogP contribution is -2.21. The van der Waals surface area contributed by atoms with E-state index in [-0.39, 0.29) is 6.10 Å². The number of aromatic nitrogens is 3. The van der Waals surface area contributed by atoms with Gasteiger partial charge in [0.15, 0.2) is 0 Å². The summed E-state index contributed by atoms with van der Waals surface area (Å²) >= 11 is 1.81. The van der Waals surface area contributed by atoms with Crippen LogP contribution in [0.15, 0.2) is 6.33 Å². The number of hydrogen-bond acceptors (Lipinski definition) is 4. The molecule has 13 heavy (non-hydrogen) atoms. The van der Waals surface area contributed by atoms with Crippen LogP contribution in [0.4, 0.5) is 0 Å². The van der Waals surface area contributed by atoms with E-state index < -0.39 is 0 Å². The molecule has 2 atom stereocenters. The molecular weight excluding hydrogens is 186 g/mol. The summed E-state index contributed by atoms with van der Waals surface area (Å²) in [4.78, 5) is 4.15. The first-order valence-electron chi connectivity index (χ1n) is 4.36. The molecule has 0 amide bonds. The van der Waals surface area contributed by atoms with E-state index in [0.29, 0.717) is 5.92 Å². The van der Waals surface area contributed by atoms with Crippen LogP contribution < -0.4 is 0 Å². The van der Waals surface area contributed by atoms with E-state index in [1.54, 1.807) is 11.0 Å². The van der Waals surface area contributed by atoms with Crippen molar-refractivity contribution >= 4 is 11.8 Å². The van der Waals surface area contributed by atoms with Gasteiger partial charge in [0.2, 0.25) is 0 Å². The van der Waals surface area contributed by atoms with Crippen LogP contribution in [0.1, 0.15) is 5.82 Å². The Hall–Kier alpha value is -0.550. The van der Waals surface area contributed by atoms with Gasteiger partial charge >= 0.3 is 0 Å². The first kappa shape index (κ1) is 9.02. The minimum Gasteiger partial charge on any atom is -0.392 e. The van der Waals surface area contributed by atoms with Gasteiger partial charge in [0.05, 0.1) is 6.10 Å². The molecule has 0 aromatic carbocycles. The summed E-state index contributed by atoms with van der Waals surface area (Å²) in [6.45, 7) is 0. The smallest absolute Gasteiger partial charge is 0.138 e. The SMILES string of the molecule is Cn1ncnc1CC1CSCC1O. The van der Waals surface area contributed by atoms with Crippen molar-refractivity contribution in [1.82, 2.24) is 14.8 Å². The first-order chi connectivity index (χ1) is 6.27. The van der Waals surface area contributed by atoms with E-state index in [0.717, 1.165) is 23.8 Å². The molecule has 1 aromatic heterocycles. The summed E-state index contributed by atoms with van der Waals surface area (Å²) in [6.07, 6.45) is 2.23. The fourth-order valence-corrected chi connectivity index (χ4v) is 2.81. The largest absolute Gasteiger partial charge is 0.392 e. The molecule has 2 heterocycles. The lowest BCUT2D eigenvalue weighted by atomic mass is 10.0. The maximum atomic E-state index is 9.60. The molecule has 0 spiro atoms. The summed E-state index contributed by atoms with van der Waals surface area (Å²) in [5.74, 6) is 3.22. The van der Waals surface area contributed by atoms with Gasteiger partial charge in [-0.05, 0) is 5.75 Å². The van der Waals surface area contributed by atoms with Crippen molar-refractivity contribution in [3.63, 3.8) is 0 Å². The van der Waals surface area contributed by atoms with Crippen molar-refractivity contribution in [2.75, 3.05) is 11.5 Å². The Labute approximate surface area is 81.4 Å². The maximum Gasteiger partial charge on any atom is 0.138 e. The fourth-order valence-electron chi connectivity index (χ4n) is 1.52. The molecule has 1 aromatic rings. The average Bonchev–Trinajstić information content (AvgIpc) is 2.65. The van der Waals surface area contributed by atoms with Crippen LogP contribution in [0.2, 0.25) is 0 Å². The second kappa shape index (κ2) is 3.67. The van der Waals surface area contributed by atoms with E-state index >= 15 is 0 Å². The monoisotopic (exact) mass is 199 g/mol. The second-order valence-electron chi connectivity index (χ2n) is 3.37. The lowest BCUT2D eigenvalue weighted by molar-refractivity contribution is 0.148. The normalized spacial score (nSPS) is 28.2. The van der Waals surface area contributed by atoms with Crippen molar-refractivity contribution in [1.29, 1.82) is 0 Å². The zero-order valence-corrected chi connectivity index (χ0v) is 8.37. The molecule has 1 saturated heterocycles. The topological polar surface area (TPSA) is 50.9 Å². The lowest BCUT2D eigenvalue weighted by Gasteiger charge is -2.11. The van der Waals surface area contributed by atoms with Gasteiger partial charge in [0.25, 0.3) is 0 Å². The van der Waals surface area contributed by atoms with Crippen LogP contribution >= 0.6 is 11.8 Å². The highest BCUT2D eigenvalue weighted by molar-refractivity contribution is 7.99. The fraction of sp³-hybridized carbons (Fsp3) is 0.750. The van der Waals surface area contributed by atoms with E-state index in [2.05, 4.69) is 10.1 Å². The van der Waals surface area contributed by atoms with Gasteiger partial charge in [-0.15, -0.1) is 0 Å². The Kier molecular flexibility index (Phi) is 2.55. The predicted octanol–water partition coefficient (Wildman–Crippen LogP) is 0.0815. The summed E-state index contributed by atoms with van der Waals surface area (Å²) in [5, 5.41) is 13.6. The van der Waals surface area contributed by atoms with Crippen LogP contribution in [0.3, 0.4) is 0 Å². The number of aryl methyl sites for hydroxylation is 1. The highest BCUT2D eigenvalue weighted by atomic mass is 32.2. The molecule has 1 aliphatic rings. The Morgan fingerprint density at radius 1 is 1.69 bits per heavy atom. The summed E-state index contributed by atoms with van der Waals surface area (Å²) < 4.78 is 1.77. The Morgan fingerprint density at radius 2 is 2.54 bits per heavy atom. The molecular formula is C8H13N3OS. The standard InChI is InChI=1S/C8H13N3OS/c1-11-8(9-5-10-11)2-6-3-13-4-7(6)12/h5-7,12H,2-4H2,1H3. The molecule has 0 radical (unpaired) electrons. The van der Waals surface area contributed by atoms with Crippen molar-refractivity contribution in [2.45, 2.75) is 12.5 Å². The van der Waals surface area contributed by atoms with Gasteiger partial charge in [-0.3, -0.25) is 4.68 Å². The molecule has 72 valence electrons. The van der Waals surface area contributed by atoms with Crippen LogP contribution in [-0.2, 0) is 13.5 Å². The molecule has 2 unspecified atom stereocenters. The van der Waals surface area contributed by atoms with Gasteiger partial charge in [-0.2, -0.15) is 16.9 Å². The minimum atomic E-state index is -0.165. The van der Waals surface area contributed by atoms with Gasteiger partial charge < -0.3 is 5.11 Å². The van der Waals surface area contributed by atoms with Crippen LogP contribution in [0.25, 0.3) is 0 Å². The van der Waals surface area contributed by atoms with E-state index in [9.17, 15) is 5.11 Å². The van der Waals surface area contributed by atoms with E-state index in [4.69, 9.17) is 0 Å². The van der Waals surface area contributed by atoms with Crippen molar-refractivity contribution in [3.05, 3.63) is 12.2 Å². The van der Waals surface area contributed by atoms with E-state index in [1.807, 2.05) is 18.8 Å². The quantitative estimate of drug-likeness (QED) is 0.733. The third-order valence-electron chi connectivity index (χ3n) is 2.41. The third-order valence-corrected chi connectivity index (χ3v) is 3.66. The number of hydrogen-bond donors (Lipinski definition) is 1. The molecule has 0 aliphatic carbocycles. The summed E-state index contributed by atoms with van der Waals surface area (Å²) in [7, 11) is 1.89. The number of thioether (sulfide) groups is 1. The minimum absolute atomic E-state index is 0.165. The van der Waals surface area contributed by atoms with Crippen molar-refractivity contribution in [3.8, 4) is 0 Å². The molecule has 0 bridgehead atoms. The molecule has 2 rings (SSSR count). The molecule has 4 nitrogen and oxygen atoms in total. The summed E-state index contributed by atoms with van der Waals surface area (Å²) in [6, 6.07) is 0. The van der Waals surface area contributed by atoms with Crippen LogP contribution in [0.5, 0.6) is 0 Å². The van der Waals surface area contributed by atoms with Gasteiger partial charge in [-0.25, -0.2) is 4.98 Å². The van der Waals surface area contributed by atoms with Gasteiger partial charge in [0, 0.05) is 25.1 Å². The number of rotatable bonds is 2. The number of nitrogens with zero attached hydrogens (tertiary/aromatic N) is 3. The summed E-state index contributed by atoms with van der Waals surface area (Å²) in [5.41, 5.74) is 0. The molecule has 0 saturated carbocycles. The molecule has 1 aliphatic heterocycles. The zero-order chi connectivity index (χ0) is 9.26. The maximum absolute atomic E-state index is 9.60. The van der Waals surface area contributed by atoms with Crippen LogP contribution in [0, 0.1) is 5.92 Å². The predicted molar refractivity (Wildman–Crippen MR) is 51.5 cm³/mol. The first-order valence-corrected chi connectivity index (χ1v) is 5.51. The Balaban J connectivity index is 2.01. The average molecular weight is 199 g/mol.